The fourth-order valence-corrected chi connectivity index (χ4v) is 7.03. The van der Waals surface area contributed by atoms with Crippen LogP contribution in [0, 0.1) is 124 Å². The van der Waals surface area contributed by atoms with Crippen molar-refractivity contribution < 1.29 is 29.5 Å². The lowest BCUT2D eigenvalue weighted by Crippen LogP contribution is -1.95. The molecule has 18 nitrogen and oxygen atoms in total. The number of hydrogen-bond donors (Lipinski definition) is 0. The van der Waals surface area contributed by atoms with E-state index >= 15 is 0 Å². The smallest absolute Gasteiger partial charge is 0.259 e. The average Bonchev–Trinajstić information content (AvgIpc) is 4.31. The van der Waals surface area contributed by atoms with Crippen LogP contribution >= 0.6 is 0 Å². The van der Waals surface area contributed by atoms with Gasteiger partial charge in [0.2, 0.25) is 5.70 Å². The molecule has 0 unspecified atom stereocenters. The quantitative estimate of drug-likeness (QED) is 0.0837. The highest BCUT2D eigenvalue weighted by atomic mass is 16.6. The van der Waals surface area contributed by atoms with E-state index < -0.39 is 9.85 Å². The van der Waals surface area contributed by atoms with Gasteiger partial charge in [-0.05, 0) is 109 Å². The monoisotopic (exact) mass is 1100 g/mol. The third-order valence-corrected chi connectivity index (χ3v) is 11.5. The Morgan fingerprint density at radius 3 is 1.12 bits per heavy atom. The van der Waals surface area contributed by atoms with Crippen molar-refractivity contribution >= 4 is 22.6 Å². The van der Waals surface area contributed by atoms with Crippen molar-refractivity contribution in [2.75, 3.05) is 0 Å². The number of nitro benzene ring substituents is 3. The Kier molecular flexibility index (Phi) is 27.2. The zero-order valence-electron chi connectivity index (χ0n) is 46.6. The Morgan fingerprint density at radius 2 is 0.744 bits per heavy atom. The number of rotatable bonds is 7. The van der Waals surface area contributed by atoms with Gasteiger partial charge in [-0.1, -0.05) is 136 Å². The van der Waals surface area contributed by atoms with Gasteiger partial charge in [0.05, 0.1) is 48.8 Å². The predicted octanol–water partition coefficient (Wildman–Crippen LogP) is 15.3. The number of nitrogens with zero attached hydrogens (tertiary/aromatic N) is 6. The van der Waals surface area contributed by atoms with Crippen LogP contribution in [0.25, 0.3) is 5.57 Å². The molecule has 4 aliphatic carbocycles. The second-order valence-corrected chi connectivity index (χ2v) is 18.2. The van der Waals surface area contributed by atoms with Gasteiger partial charge < -0.3 is 0 Å². The van der Waals surface area contributed by atoms with E-state index in [1.807, 2.05) is 45.0 Å². The molecule has 0 aliphatic heterocycles. The number of nitro groups is 6. The summed E-state index contributed by atoms with van der Waals surface area (Å²) in [6.45, 7) is 15.2. The first-order chi connectivity index (χ1) is 39.0. The molecule has 0 fully saturated rings. The molecule has 0 heterocycles. The third kappa shape index (κ3) is 24.2. The summed E-state index contributed by atoms with van der Waals surface area (Å²) >= 11 is 0. The van der Waals surface area contributed by atoms with Gasteiger partial charge in [0.25, 0.3) is 28.5 Å². The first-order valence-corrected chi connectivity index (χ1v) is 25.1. The van der Waals surface area contributed by atoms with E-state index in [-0.39, 0.29) is 48.1 Å². The highest BCUT2D eigenvalue weighted by molar-refractivity contribution is 5.72. The lowest BCUT2D eigenvalue weighted by Gasteiger charge is -2.03. The van der Waals surface area contributed by atoms with E-state index in [2.05, 4.69) is 85.8 Å². The van der Waals surface area contributed by atoms with Crippen molar-refractivity contribution in [3.05, 3.63) is 309 Å². The molecule has 0 amide bonds. The van der Waals surface area contributed by atoms with Gasteiger partial charge in [0.1, 0.15) is 0 Å². The van der Waals surface area contributed by atoms with Crippen LogP contribution in [0.1, 0.15) is 92.3 Å². The fraction of sp³-hybridized carbons (Fsp3) is 0.188. The number of benzene rings is 5. The Morgan fingerprint density at radius 1 is 0.354 bits per heavy atom. The predicted molar refractivity (Wildman–Crippen MR) is 319 cm³/mol. The van der Waals surface area contributed by atoms with Crippen LogP contribution in [0.15, 0.2) is 209 Å². The highest BCUT2D eigenvalue weighted by Gasteiger charge is 2.18. The fourth-order valence-electron chi connectivity index (χ4n) is 7.03. The minimum absolute atomic E-state index is 0.0941. The minimum atomic E-state index is -0.427. The highest BCUT2D eigenvalue weighted by Crippen LogP contribution is 2.28. The second kappa shape index (κ2) is 34.1. The first-order valence-electron chi connectivity index (χ1n) is 25.1. The second-order valence-electron chi connectivity index (χ2n) is 18.2. The molecule has 18 heteroatoms. The van der Waals surface area contributed by atoms with E-state index in [1.54, 1.807) is 87.5 Å². The number of hydrogen-bond acceptors (Lipinski definition) is 12. The molecule has 0 radical (unpaired) electrons. The first kappa shape index (κ1) is 65.4. The molecule has 9 rings (SSSR count). The molecular formula is C64H60N6O12. The van der Waals surface area contributed by atoms with Crippen LogP contribution in [0.4, 0.5) is 17.1 Å². The lowest BCUT2D eigenvalue weighted by molar-refractivity contribution is -0.426. The summed E-state index contributed by atoms with van der Waals surface area (Å²) in [5, 5.41) is 61.4. The van der Waals surface area contributed by atoms with E-state index in [0.717, 1.165) is 39.8 Å². The molecule has 0 atom stereocenters. The molecule has 82 heavy (non-hydrogen) atoms. The van der Waals surface area contributed by atoms with Crippen molar-refractivity contribution in [2.24, 2.45) is 0 Å². The van der Waals surface area contributed by atoms with Crippen molar-refractivity contribution in [2.45, 2.75) is 81.1 Å². The zero-order chi connectivity index (χ0) is 60.7. The molecule has 5 aromatic carbocycles. The van der Waals surface area contributed by atoms with Gasteiger partial charge in [0.15, 0.2) is 0 Å². The standard InChI is InChI=1S/C14H11NO2.C13H14.C9H7NO2.C8H7NO2.2C7H7NO2.C6H7NO2/c1-11-2-4-12(5-3-11)6-7-13-8-9-14(10-13)15(16)17;1-10-3-6-12(7-4-10)13-8-5-11(2)9-13;1-2-3-8-4-6-9(7-5-8)10(11)12;1-2-3-7-4-5-8(6-7)9(10)11;1-6-2-4-7(5-3-6)8(9)10;1-6-4-2-3-5-7(6)8(9)10;1-5-2-3-6(4-5)7(8)9/h2-5,8-9H,10H2,1H3;3-8H,9H2,1-2H3;4-7H,1H3;4-5H,6H2,1H3;2*2-5H,1H3;2-3H,4H2,1H3. The average molecular weight is 1110 g/mol. The van der Waals surface area contributed by atoms with Crippen molar-refractivity contribution in [3.63, 3.8) is 0 Å². The molecule has 418 valence electrons. The van der Waals surface area contributed by atoms with Gasteiger partial charge in [-0.2, -0.15) is 0 Å². The molecule has 4 aliphatic rings. The summed E-state index contributed by atoms with van der Waals surface area (Å²) in [7, 11) is 0. The topological polar surface area (TPSA) is 259 Å². The van der Waals surface area contributed by atoms with Crippen LogP contribution in [0.5, 0.6) is 0 Å². The van der Waals surface area contributed by atoms with Crippen molar-refractivity contribution in [3.8, 4) is 35.5 Å². The molecule has 0 spiro atoms. The van der Waals surface area contributed by atoms with Crippen LogP contribution in [-0.4, -0.2) is 29.5 Å². The van der Waals surface area contributed by atoms with Crippen molar-refractivity contribution in [1.82, 2.24) is 0 Å². The maximum Gasteiger partial charge on any atom is 0.272 e. The van der Waals surface area contributed by atoms with E-state index in [4.69, 9.17) is 0 Å². The van der Waals surface area contributed by atoms with E-state index in [0.29, 0.717) is 30.5 Å². The van der Waals surface area contributed by atoms with Gasteiger partial charge in [0, 0.05) is 76.4 Å². The molecular weight excluding hydrogens is 1040 g/mol. The summed E-state index contributed by atoms with van der Waals surface area (Å²) in [6.07, 6.45) is 16.5. The molecule has 0 saturated heterocycles. The molecule has 0 saturated carbocycles. The summed E-state index contributed by atoms with van der Waals surface area (Å²) in [6, 6.07) is 35.9. The Balaban J connectivity index is 0.000000254. The van der Waals surface area contributed by atoms with Gasteiger partial charge >= 0.3 is 0 Å². The van der Waals surface area contributed by atoms with Gasteiger partial charge in [-0.25, -0.2) is 0 Å². The molecule has 5 aromatic rings. The van der Waals surface area contributed by atoms with Crippen LogP contribution in [0.2, 0.25) is 0 Å². The Bertz CT molecular complexity index is 3610. The zero-order valence-corrected chi connectivity index (χ0v) is 46.6. The van der Waals surface area contributed by atoms with Gasteiger partial charge in [-0.3, -0.25) is 60.7 Å². The Hall–Kier alpha value is -10.9. The Labute approximate surface area is 475 Å². The molecule has 0 aromatic heterocycles. The number of allylic oxidation sites excluding steroid dienone is 13. The maximum atomic E-state index is 10.5. The van der Waals surface area contributed by atoms with Crippen LogP contribution in [0.3, 0.4) is 0 Å². The van der Waals surface area contributed by atoms with Gasteiger partial charge in [-0.15, -0.1) is 11.8 Å². The summed E-state index contributed by atoms with van der Waals surface area (Å²) in [5.74, 6) is 16.9. The lowest BCUT2D eigenvalue weighted by atomic mass is 10.0. The number of para-hydroxylation sites is 1. The van der Waals surface area contributed by atoms with Crippen molar-refractivity contribution in [1.29, 1.82) is 0 Å². The van der Waals surface area contributed by atoms with E-state index in [1.165, 1.54) is 70.3 Å². The minimum Gasteiger partial charge on any atom is -0.259 e. The number of non-ortho nitro benzene ring substituents is 2. The summed E-state index contributed by atoms with van der Waals surface area (Å²) in [4.78, 5) is 59.1. The van der Waals surface area contributed by atoms with E-state index in [9.17, 15) is 60.7 Å². The normalized spacial score (nSPS) is 12.6. The number of aryl methyl sites for hydroxylation is 4. The molecule has 0 N–H and O–H groups in total. The summed E-state index contributed by atoms with van der Waals surface area (Å²) in [5.41, 5.74) is 14.0. The summed E-state index contributed by atoms with van der Waals surface area (Å²) < 4.78 is 0. The molecule has 0 bridgehead atoms. The van der Waals surface area contributed by atoms with Crippen LogP contribution < -0.4 is 0 Å². The third-order valence-electron chi connectivity index (χ3n) is 11.5. The largest absolute Gasteiger partial charge is 0.272 e. The SMILES string of the molecule is CC#CC1=CC=C([N+](=O)[O-])C1.CC#Cc1ccc([N+](=O)[O-])cc1.CC1=CC=C([N+](=O)[O-])C1.CC1=CC=C(c2ccc(C)cc2)C1.Cc1ccc(C#CC2=CC=C([N+](=O)[O-])C2)cc1.Cc1ccc([N+](=O)[O-])cc1.Cc1ccccc1[N+](=O)[O-]. The van der Waals surface area contributed by atoms with Crippen LogP contribution in [-0.2, 0) is 0 Å². The maximum absolute atomic E-state index is 10.5.